The van der Waals surface area contributed by atoms with Crippen LogP contribution in [0.4, 0.5) is 0 Å². The molecule has 7 rings (SSSR count). The first-order chi connectivity index (χ1) is 18.2. The molecule has 0 aliphatic rings. The monoisotopic (exact) mass is 474 g/mol. The Labute approximate surface area is 216 Å². The van der Waals surface area contributed by atoms with E-state index < -0.39 is 0 Å². The zero-order valence-corrected chi connectivity index (χ0v) is 21.0. The van der Waals surface area contributed by atoms with Crippen molar-refractivity contribution in [2.45, 2.75) is 13.8 Å². The number of benzene rings is 7. The molecule has 0 radical (unpaired) electrons. The Morgan fingerprint density at radius 1 is 0.405 bits per heavy atom. The highest BCUT2D eigenvalue weighted by Crippen LogP contribution is 2.45. The molecule has 0 atom stereocenters. The Kier molecular flexibility index (Phi) is 4.97. The standard InChI is InChI=1S/C36H26O/c1-23-24(2)34-22-25(20-21-29(34)28-15-7-6-14-27(23)28)35-30-16-8-10-18-32(30)36(33-19-11-9-17-31(33)35)37-26-12-4-3-5-13-26/h3-22H,1-2H3. The Morgan fingerprint density at radius 3 is 1.54 bits per heavy atom. The van der Waals surface area contributed by atoms with E-state index in [1.165, 1.54) is 54.6 Å². The van der Waals surface area contributed by atoms with Gasteiger partial charge in [-0.25, -0.2) is 0 Å². The molecule has 0 aliphatic carbocycles. The fraction of sp³-hybridized carbons (Fsp3) is 0.0556. The van der Waals surface area contributed by atoms with Crippen molar-refractivity contribution in [3.63, 3.8) is 0 Å². The second-order valence-electron chi connectivity index (χ2n) is 9.77. The minimum atomic E-state index is 0.842. The lowest BCUT2D eigenvalue weighted by atomic mass is 9.87. The van der Waals surface area contributed by atoms with Gasteiger partial charge in [0.05, 0.1) is 0 Å². The van der Waals surface area contributed by atoms with Gasteiger partial charge in [0.1, 0.15) is 11.5 Å². The fourth-order valence-electron chi connectivity index (χ4n) is 5.81. The Balaban J connectivity index is 1.56. The molecule has 0 heterocycles. The first-order valence-corrected chi connectivity index (χ1v) is 12.8. The summed E-state index contributed by atoms with van der Waals surface area (Å²) in [5.74, 6) is 1.74. The molecule has 0 amide bonds. The summed E-state index contributed by atoms with van der Waals surface area (Å²) >= 11 is 0. The molecular formula is C36H26O. The summed E-state index contributed by atoms with van der Waals surface area (Å²) in [4.78, 5) is 0. The zero-order valence-electron chi connectivity index (χ0n) is 21.0. The molecule has 7 aromatic rings. The highest BCUT2D eigenvalue weighted by atomic mass is 16.5. The molecule has 0 saturated carbocycles. The largest absolute Gasteiger partial charge is 0.456 e. The molecule has 7 aromatic carbocycles. The number of ether oxygens (including phenoxy) is 1. The van der Waals surface area contributed by atoms with Crippen molar-refractivity contribution in [2.75, 3.05) is 0 Å². The van der Waals surface area contributed by atoms with Gasteiger partial charge in [-0.1, -0.05) is 103 Å². The minimum Gasteiger partial charge on any atom is -0.456 e. The van der Waals surface area contributed by atoms with E-state index in [0.717, 1.165) is 22.3 Å². The number of rotatable bonds is 3. The van der Waals surface area contributed by atoms with Gasteiger partial charge in [0.15, 0.2) is 0 Å². The first-order valence-electron chi connectivity index (χ1n) is 12.8. The number of aryl methyl sites for hydroxylation is 2. The van der Waals surface area contributed by atoms with Crippen LogP contribution < -0.4 is 4.74 Å². The normalized spacial score (nSPS) is 11.5. The lowest BCUT2D eigenvalue weighted by Gasteiger charge is -2.19. The van der Waals surface area contributed by atoms with Crippen LogP contribution in [0.5, 0.6) is 11.5 Å². The van der Waals surface area contributed by atoms with Crippen molar-refractivity contribution in [2.24, 2.45) is 0 Å². The van der Waals surface area contributed by atoms with Crippen LogP contribution in [-0.4, -0.2) is 0 Å². The van der Waals surface area contributed by atoms with Crippen LogP contribution in [0, 0.1) is 13.8 Å². The van der Waals surface area contributed by atoms with Crippen molar-refractivity contribution in [1.29, 1.82) is 0 Å². The van der Waals surface area contributed by atoms with E-state index in [1.54, 1.807) is 0 Å². The Morgan fingerprint density at radius 2 is 0.892 bits per heavy atom. The zero-order chi connectivity index (χ0) is 24.9. The van der Waals surface area contributed by atoms with Crippen LogP contribution in [0.25, 0.3) is 54.2 Å². The molecule has 37 heavy (non-hydrogen) atoms. The van der Waals surface area contributed by atoms with Crippen molar-refractivity contribution in [3.05, 3.63) is 132 Å². The van der Waals surface area contributed by atoms with Crippen molar-refractivity contribution >= 4 is 43.1 Å². The summed E-state index contributed by atoms with van der Waals surface area (Å²) in [6.07, 6.45) is 0. The third-order valence-electron chi connectivity index (χ3n) is 7.74. The van der Waals surface area contributed by atoms with Crippen molar-refractivity contribution in [1.82, 2.24) is 0 Å². The summed E-state index contributed by atoms with van der Waals surface area (Å²) in [6.45, 7) is 4.49. The minimum absolute atomic E-state index is 0.842. The third kappa shape index (κ3) is 3.39. The van der Waals surface area contributed by atoms with Gasteiger partial charge in [0.25, 0.3) is 0 Å². The molecule has 0 spiro atoms. The van der Waals surface area contributed by atoms with Crippen LogP contribution in [0.1, 0.15) is 11.1 Å². The van der Waals surface area contributed by atoms with E-state index in [9.17, 15) is 0 Å². The predicted molar refractivity (Wildman–Crippen MR) is 158 cm³/mol. The molecule has 1 nitrogen and oxygen atoms in total. The topological polar surface area (TPSA) is 9.23 Å². The van der Waals surface area contributed by atoms with Crippen LogP contribution in [0.15, 0.2) is 121 Å². The van der Waals surface area contributed by atoms with E-state index >= 15 is 0 Å². The average Bonchev–Trinajstić information content (AvgIpc) is 2.96. The molecular weight excluding hydrogens is 448 g/mol. The molecule has 0 fully saturated rings. The smallest absolute Gasteiger partial charge is 0.143 e. The summed E-state index contributed by atoms with van der Waals surface area (Å²) in [6, 6.07) is 43.0. The van der Waals surface area contributed by atoms with Gasteiger partial charge >= 0.3 is 0 Å². The molecule has 0 aromatic heterocycles. The molecule has 0 saturated heterocycles. The first kappa shape index (κ1) is 21.6. The van der Waals surface area contributed by atoms with E-state index in [1.807, 2.05) is 30.3 Å². The maximum Gasteiger partial charge on any atom is 0.143 e. The summed E-state index contributed by atoms with van der Waals surface area (Å²) < 4.78 is 6.55. The summed E-state index contributed by atoms with van der Waals surface area (Å²) in [5, 5.41) is 9.89. The van der Waals surface area contributed by atoms with Gasteiger partial charge in [-0.2, -0.15) is 0 Å². The van der Waals surface area contributed by atoms with Gasteiger partial charge in [-0.15, -0.1) is 0 Å². The van der Waals surface area contributed by atoms with Crippen LogP contribution in [-0.2, 0) is 0 Å². The van der Waals surface area contributed by atoms with Crippen molar-refractivity contribution < 1.29 is 4.74 Å². The van der Waals surface area contributed by atoms with E-state index in [-0.39, 0.29) is 0 Å². The maximum absolute atomic E-state index is 6.55. The number of hydrogen-bond acceptors (Lipinski definition) is 1. The third-order valence-corrected chi connectivity index (χ3v) is 7.74. The predicted octanol–water partition coefficient (Wildman–Crippen LogP) is 10.4. The van der Waals surface area contributed by atoms with E-state index in [2.05, 4.69) is 105 Å². The second kappa shape index (κ2) is 8.50. The van der Waals surface area contributed by atoms with Crippen molar-refractivity contribution in [3.8, 4) is 22.6 Å². The molecule has 176 valence electrons. The molecule has 0 unspecified atom stereocenters. The SMILES string of the molecule is Cc1c(C)c2cc(-c3c4ccccc4c(Oc4ccccc4)c4ccccc34)ccc2c2ccccc12. The average molecular weight is 475 g/mol. The molecule has 1 heteroatoms. The van der Waals surface area contributed by atoms with Gasteiger partial charge in [0, 0.05) is 10.8 Å². The van der Waals surface area contributed by atoms with Gasteiger partial charge in [0.2, 0.25) is 0 Å². The van der Waals surface area contributed by atoms with Crippen LogP contribution in [0.3, 0.4) is 0 Å². The lowest BCUT2D eigenvalue weighted by Crippen LogP contribution is -1.93. The maximum atomic E-state index is 6.55. The second-order valence-corrected chi connectivity index (χ2v) is 9.77. The van der Waals surface area contributed by atoms with E-state index in [4.69, 9.17) is 4.74 Å². The summed E-state index contributed by atoms with van der Waals surface area (Å²) in [7, 11) is 0. The highest BCUT2D eigenvalue weighted by molar-refractivity contribution is 6.18. The van der Waals surface area contributed by atoms with Gasteiger partial charge in [-0.05, 0) is 86.6 Å². The Bertz CT molecular complexity index is 1910. The number of para-hydroxylation sites is 1. The van der Waals surface area contributed by atoms with Gasteiger partial charge < -0.3 is 4.74 Å². The lowest BCUT2D eigenvalue weighted by molar-refractivity contribution is 0.494. The molecule has 0 N–H and O–H groups in total. The highest BCUT2D eigenvalue weighted by Gasteiger charge is 2.18. The Hall–Kier alpha value is -4.62. The summed E-state index contributed by atoms with van der Waals surface area (Å²) in [5.41, 5.74) is 5.16. The quantitative estimate of drug-likeness (QED) is 0.183. The fourth-order valence-corrected chi connectivity index (χ4v) is 5.81. The number of hydrogen-bond donors (Lipinski definition) is 0. The van der Waals surface area contributed by atoms with Crippen LogP contribution in [0.2, 0.25) is 0 Å². The van der Waals surface area contributed by atoms with E-state index in [0.29, 0.717) is 0 Å². The number of fused-ring (bicyclic) bond motifs is 5. The van der Waals surface area contributed by atoms with Gasteiger partial charge in [-0.3, -0.25) is 0 Å². The molecule has 0 aliphatic heterocycles. The molecule has 0 bridgehead atoms. The van der Waals surface area contributed by atoms with Crippen LogP contribution >= 0.6 is 0 Å².